The summed E-state index contributed by atoms with van der Waals surface area (Å²) in [5, 5.41) is 28.2. The standard InChI is InChI=1S/C16H16N4O3/c17-16(19-20-18-10-15(22)23)13-6-4-11(5-7-13)8-12-2-1-3-14(21)9-12/h1-7,9,21H,8,10H2,(H,22,23)(H2,17,18,19). The first-order valence-electron chi connectivity index (χ1n) is 6.83. The van der Waals surface area contributed by atoms with Crippen LogP contribution in [0.2, 0.25) is 0 Å². The van der Waals surface area contributed by atoms with Crippen molar-refractivity contribution in [1.29, 1.82) is 0 Å². The second-order valence-electron chi connectivity index (χ2n) is 4.81. The van der Waals surface area contributed by atoms with Gasteiger partial charge in [0.25, 0.3) is 0 Å². The summed E-state index contributed by atoms with van der Waals surface area (Å²) in [5.41, 5.74) is 8.47. The van der Waals surface area contributed by atoms with Crippen LogP contribution in [0.4, 0.5) is 0 Å². The first-order valence-corrected chi connectivity index (χ1v) is 6.83. The van der Waals surface area contributed by atoms with Crippen LogP contribution in [-0.4, -0.2) is 28.6 Å². The Morgan fingerprint density at radius 3 is 2.48 bits per heavy atom. The summed E-state index contributed by atoms with van der Waals surface area (Å²) in [6.45, 7) is -0.445. The topological polar surface area (TPSA) is 121 Å². The minimum Gasteiger partial charge on any atom is -0.508 e. The number of hydrogen-bond donors (Lipinski definition) is 3. The Morgan fingerprint density at radius 1 is 1.09 bits per heavy atom. The summed E-state index contributed by atoms with van der Waals surface area (Å²) in [7, 11) is 0. The van der Waals surface area contributed by atoms with Crippen molar-refractivity contribution >= 4 is 11.8 Å². The van der Waals surface area contributed by atoms with Crippen LogP contribution in [0, 0.1) is 0 Å². The SMILES string of the molecule is NC(=NN=NCC(=O)O)c1ccc(Cc2cccc(O)c2)cc1. The van der Waals surface area contributed by atoms with Crippen molar-refractivity contribution in [3.05, 3.63) is 65.2 Å². The lowest BCUT2D eigenvalue weighted by Crippen LogP contribution is -2.12. The van der Waals surface area contributed by atoms with Crippen LogP contribution in [0.5, 0.6) is 5.75 Å². The average Bonchev–Trinajstić information content (AvgIpc) is 2.52. The molecular weight excluding hydrogens is 296 g/mol. The molecule has 23 heavy (non-hydrogen) atoms. The maximum absolute atomic E-state index is 10.3. The Morgan fingerprint density at radius 2 is 1.83 bits per heavy atom. The number of phenols is 1. The van der Waals surface area contributed by atoms with Gasteiger partial charge in [-0.05, 0) is 34.9 Å². The molecule has 0 bridgehead atoms. The molecule has 0 aromatic heterocycles. The van der Waals surface area contributed by atoms with Gasteiger partial charge >= 0.3 is 5.97 Å². The summed E-state index contributed by atoms with van der Waals surface area (Å²) >= 11 is 0. The summed E-state index contributed by atoms with van der Waals surface area (Å²) in [5.74, 6) is -0.691. The van der Waals surface area contributed by atoms with Crippen LogP contribution in [0.25, 0.3) is 0 Å². The zero-order valence-electron chi connectivity index (χ0n) is 12.3. The summed E-state index contributed by atoms with van der Waals surface area (Å²) in [6, 6.07) is 14.5. The number of amidine groups is 1. The fourth-order valence-corrected chi connectivity index (χ4v) is 1.93. The van der Waals surface area contributed by atoms with Gasteiger partial charge in [0.05, 0.1) is 0 Å². The molecule has 0 aliphatic rings. The lowest BCUT2D eigenvalue weighted by molar-refractivity contribution is -0.135. The van der Waals surface area contributed by atoms with Gasteiger partial charge < -0.3 is 15.9 Å². The molecule has 0 radical (unpaired) electrons. The van der Waals surface area contributed by atoms with Crippen molar-refractivity contribution in [2.75, 3.05) is 6.54 Å². The number of hydrogen-bond acceptors (Lipinski definition) is 4. The minimum atomic E-state index is -1.08. The third kappa shape index (κ3) is 5.24. The van der Waals surface area contributed by atoms with Gasteiger partial charge in [-0.3, -0.25) is 4.79 Å². The van der Waals surface area contributed by atoms with Crippen LogP contribution in [0.3, 0.4) is 0 Å². The molecule has 0 heterocycles. The highest BCUT2D eigenvalue weighted by atomic mass is 16.4. The van der Waals surface area contributed by atoms with Crippen molar-refractivity contribution in [1.82, 2.24) is 0 Å². The van der Waals surface area contributed by atoms with Crippen molar-refractivity contribution < 1.29 is 15.0 Å². The van der Waals surface area contributed by atoms with Crippen LogP contribution in [-0.2, 0) is 11.2 Å². The first kappa shape index (κ1) is 16.2. The Bertz CT molecular complexity index is 739. The fourth-order valence-electron chi connectivity index (χ4n) is 1.93. The molecule has 4 N–H and O–H groups in total. The van der Waals surface area contributed by atoms with Gasteiger partial charge in [-0.25, -0.2) is 0 Å². The summed E-state index contributed by atoms with van der Waals surface area (Å²) in [6.07, 6.45) is 0.685. The number of benzene rings is 2. The van der Waals surface area contributed by atoms with E-state index in [0.29, 0.717) is 12.0 Å². The van der Waals surface area contributed by atoms with Gasteiger partial charge in [0.15, 0.2) is 12.4 Å². The predicted molar refractivity (Wildman–Crippen MR) is 85.4 cm³/mol. The van der Waals surface area contributed by atoms with Crippen molar-refractivity contribution in [3.63, 3.8) is 0 Å². The molecule has 2 aromatic rings. The number of carbonyl (C=O) groups is 1. The van der Waals surface area contributed by atoms with E-state index >= 15 is 0 Å². The molecular formula is C16H16N4O3. The zero-order valence-corrected chi connectivity index (χ0v) is 12.3. The van der Waals surface area contributed by atoms with E-state index in [9.17, 15) is 9.90 Å². The molecule has 2 aromatic carbocycles. The van der Waals surface area contributed by atoms with Gasteiger partial charge in [0.2, 0.25) is 0 Å². The van der Waals surface area contributed by atoms with E-state index in [-0.39, 0.29) is 11.6 Å². The van der Waals surface area contributed by atoms with Crippen molar-refractivity contribution in [3.8, 4) is 5.75 Å². The van der Waals surface area contributed by atoms with Gasteiger partial charge in [-0.1, -0.05) is 36.4 Å². The minimum absolute atomic E-state index is 0.156. The summed E-state index contributed by atoms with van der Waals surface area (Å²) < 4.78 is 0. The molecule has 7 heteroatoms. The second-order valence-corrected chi connectivity index (χ2v) is 4.81. The monoisotopic (exact) mass is 312 g/mol. The largest absolute Gasteiger partial charge is 0.508 e. The van der Waals surface area contributed by atoms with E-state index in [2.05, 4.69) is 15.4 Å². The Kier molecular flexibility index (Phi) is 5.40. The van der Waals surface area contributed by atoms with E-state index in [0.717, 1.165) is 11.1 Å². The van der Waals surface area contributed by atoms with Crippen molar-refractivity contribution in [2.24, 2.45) is 21.2 Å². The van der Waals surface area contributed by atoms with Crippen molar-refractivity contribution in [2.45, 2.75) is 6.42 Å². The second kappa shape index (κ2) is 7.69. The van der Waals surface area contributed by atoms with Gasteiger partial charge in [0.1, 0.15) is 5.75 Å². The molecule has 7 nitrogen and oxygen atoms in total. The van der Waals surface area contributed by atoms with Gasteiger partial charge in [0, 0.05) is 5.56 Å². The molecule has 0 spiro atoms. The molecule has 118 valence electrons. The number of rotatable bonds is 6. The molecule has 0 unspecified atom stereocenters. The first-order chi connectivity index (χ1) is 11.0. The average molecular weight is 312 g/mol. The summed E-state index contributed by atoms with van der Waals surface area (Å²) in [4.78, 5) is 10.3. The molecule has 2 rings (SSSR count). The fraction of sp³-hybridized carbons (Fsp3) is 0.125. The number of aliphatic carboxylic acids is 1. The number of aromatic hydroxyl groups is 1. The molecule has 0 saturated carbocycles. The highest BCUT2D eigenvalue weighted by Gasteiger charge is 2.01. The zero-order chi connectivity index (χ0) is 16.7. The third-order valence-corrected chi connectivity index (χ3v) is 2.99. The smallest absolute Gasteiger partial charge is 0.327 e. The van der Waals surface area contributed by atoms with Gasteiger partial charge in [-0.15, -0.1) is 5.10 Å². The lowest BCUT2D eigenvalue weighted by Gasteiger charge is -2.04. The number of nitrogens with two attached hydrogens (primary N) is 1. The molecule has 0 aliphatic heterocycles. The predicted octanol–water partition coefficient (Wildman–Crippen LogP) is 2.14. The third-order valence-electron chi connectivity index (χ3n) is 2.99. The number of nitrogens with zero attached hydrogens (tertiary/aromatic N) is 3. The van der Waals surface area contributed by atoms with E-state index in [1.807, 2.05) is 18.2 Å². The molecule has 0 saturated heterocycles. The maximum atomic E-state index is 10.3. The van der Waals surface area contributed by atoms with E-state index in [4.69, 9.17) is 10.8 Å². The number of carboxylic acid groups (broad SMARTS) is 1. The molecule has 0 amide bonds. The molecule has 0 aliphatic carbocycles. The van der Waals surface area contributed by atoms with E-state index < -0.39 is 12.5 Å². The highest BCUT2D eigenvalue weighted by molar-refractivity contribution is 5.97. The van der Waals surface area contributed by atoms with Gasteiger partial charge in [-0.2, -0.15) is 5.11 Å². The number of phenolic OH excluding ortho intramolecular Hbond substituents is 1. The Balaban J connectivity index is 2.02. The Hall–Kier alpha value is -3.22. The van der Waals surface area contributed by atoms with Crippen LogP contribution >= 0.6 is 0 Å². The number of carboxylic acids is 1. The van der Waals surface area contributed by atoms with Crippen LogP contribution in [0.15, 0.2) is 64.0 Å². The molecule has 0 atom stereocenters. The lowest BCUT2D eigenvalue weighted by atomic mass is 10.0. The van der Waals surface area contributed by atoms with E-state index in [1.54, 1.807) is 30.3 Å². The van der Waals surface area contributed by atoms with Crippen LogP contribution in [0.1, 0.15) is 16.7 Å². The maximum Gasteiger partial charge on any atom is 0.327 e. The van der Waals surface area contributed by atoms with E-state index in [1.165, 1.54) is 0 Å². The normalized spacial score (nSPS) is 11.7. The quantitative estimate of drug-likeness (QED) is 0.327. The van der Waals surface area contributed by atoms with Crippen LogP contribution < -0.4 is 5.73 Å². The Labute approximate surface area is 132 Å². The highest BCUT2D eigenvalue weighted by Crippen LogP contribution is 2.15. The molecule has 0 fully saturated rings.